The van der Waals surface area contributed by atoms with Crippen LogP contribution in [0.4, 0.5) is 17.1 Å². The van der Waals surface area contributed by atoms with Gasteiger partial charge < -0.3 is 13.7 Å². The van der Waals surface area contributed by atoms with Crippen LogP contribution in [-0.4, -0.2) is 4.98 Å². The number of fused-ring (bicyclic) bond motifs is 6. The van der Waals surface area contributed by atoms with Gasteiger partial charge in [-0.15, -0.1) is 0 Å². The van der Waals surface area contributed by atoms with Gasteiger partial charge in [0.1, 0.15) is 16.7 Å². The predicted octanol–water partition coefficient (Wildman–Crippen LogP) is 11.7. The first-order chi connectivity index (χ1) is 22.3. The molecule has 0 aliphatic carbocycles. The quantitative estimate of drug-likeness (QED) is 0.204. The summed E-state index contributed by atoms with van der Waals surface area (Å²) in [6, 6.07) is 54.6. The third kappa shape index (κ3) is 4.35. The van der Waals surface area contributed by atoms with E-state index in [4.69, 9.17) is 13.8 Å². The lowest BCUT2D eigenvalue weighted by Crippen LogP contribution is -2.09. The van der Waals surface area contributed by atoms with E-state index in [0.29, 0.717) is 5.89 Å². The molecule has 0 aliphatic rings. The monoisotopic (exact) mass is 578 g/mol. The Hall–Kier alpha value is -6.13. The summed E-state index contributed by atoms with van der Waals surface area (Å²) >= 11 is 0. The number of oxazole rings is 1. The molecule has 9 aromatic rings. The SMILES string of the molecule is c1ccc(-c2ccc(N(c3ccc4c(ccc5nc(-c6ccccc6)oc54)c3)c3ccc4oc5ccccc5c4c3)cc2)cc1. The van der Waals surface area contributed by atoms with Gasteiger partial charge in [0.15, 0.2) is 5.58 Å². The van der Waals surface area contributed by atoms with Gasteiger partial charge in [-0.25, -0.2) is 4.98 Å². The maximum atomic E-state index is 6.34. The molecule has 4 heteroatoms. The van der Waals surface area contributed by atoms with Gasteiger partial charge in [0, 0.05) is 38.8 Å². The maximum absolute atomic E-state index is 6.34. The van der Waals surface area contributed by atoms with Crippen LogP contribution in [0.25, 0.3) is 66.4 Å². The Bertz CT molecular complexity index is 2480. The second-order valence-corrected chi connectivity index (χ2v) is 11.2. The summed E-state index contributed by atoms with van der Waals surface area (Å²) in [5.41, 5.74) is 9.90. The fraction of sp³-hybridized carbons (Fsp3) is 0. The van der Waals surface area contributed by atoms with Crippen LogP contribution < -0.4 is 4.90 Å². The molecule has 212 valence electrons. The number of hydrogen-bond donors (Lipinski definition) is 0. The third-order valence-corrected chi connectivity index (χ3v) is 8.48. The number of aromatic nitrogens is 1. The van der Waals surface area contributed by atoms with Crippen LogP contribution in [0.2, 0.25) is 0 Å². The van der Waals surface area contributed by atoms with Crippen LogP contribution in [0.3, 0.4) is 0 Å². The van der Waals surface area contributed by atoms with Crippen molar-refractivity contribution >= 4 is 60.9 Å². The largest absolute Gasteiger partial charge is 0.456 e. The van der Waals surface area contributed by atoms with Gasteiger partial charge in [0.05, 0.1) is 0 Å². The smallest absolute Gasteiger partial charge is 0.227 e. The summed E-state index contributed by atoms with van der Waals surface area (Å²) in [7, 11) is 0. The molecule has 0 aliphatic heterocycles. The molecule has 0 unspecified atom stereocenters. The Balaban J connectivity index is 1.20. The highest BCUT2D eigenvalue weighted by Crippen LogP contribution is 2.41. The minimum atomic E-state index is 0.628. The van der Waals surface area contributed by atoms with Crippen LogP contribution in [0.15, 0.2) is 167 Å². The molecule has 9 rings (SSSR count). The first-order valence-corrected chi connectivity index (χ1v) is 15.0. The highest BCUT2D eigenvalue weighted by Gasteiger charge is 2.18. The Kier molecular flexibility index (Phi) is 5.78. The molecule has 0 spiro atoms. The highest BCUT2D eigenvalue weighted by atomic mass is 16.3. The second kappa shape index (κ2) is 10.2. The number of anilines is 3. The van der Waals surface area contributed by atoms with E-state index in [1.54, 1.807) is 0 Å². The summed E-state index contributed by atoms with van der Waals surface area (Å²) in [6.07, 6.45) is 0. The van der Waals surface area contributed by atoms with Crippen molar-refractivity contribution < 1.29 is 8.83 Å². The van der Waals surface area contributed by atoms with Gasteiger partial charge in [0.2, 0.25) is 5.89 Å². The van der Waals surface area contributed by atoms with Gasteiger partial charge in [-0.05, 0) is 89.3 Å². The van der Waals surface area contributed by atoms with Crippen LogP contribution in [0.5, 0.6) is 0 Å². The average Bonchev–Trinajstić information content (AvgIpc) is 3.72. The van der Waals surface area contributed by atoms with Crippen molar-refractivity contribution in [3.8, 4) is 22.6 Å². The average molecular weight is 579 g/mol. The molecule has 0 amide bonds. The first kappa shape index (κ1) is 25.4. The van der Waals surface area contributed by atoms with Crippen molar-refractivity contribution in [2.75, 3.05) is 4.90 Å². The number of para-hydroxylation sites is 1. The maximum Gasteiger partial charge on any atom is 0.227 e. The van der Waals surface area contributed by atoms with Crippen molar-refractivity contribution in [1.82, 2.24) is 4.98 Å². The molecule has 4 nitrogen and oxygen atoms in total. The fourth-order valence-electron chi connectivity index (χ4n) is 6.28. The molecule has 0 bridgehead atoms. The fourth-order valence-corrected chi connectivity index (χ4v) is 6.28. The lowest BCUT2D eigenvalue weighted by atomic mass is 10.0. The minimum Gasteiger partial charge on any atom is -0.456 e. The number of hydrogen-bond acceptors (Lipinski definition) is 4. The van der Waals surface area contributed by atoms with Crippen molar-refractivity contribution in [3.05, 3.63) is 158 Å². The molecule has 0 saturated carbocycles. The van der Waals surface area contributed by atoms with Gasteiger partial charge in [0.25, 0.3) is 0 Å². The number of benzene rings is 7. The summed E-state index contributed by atoms with van der Waals surface area (Å²) in [5, 5.41) is 4.30. The zero-order valence-electron chi connectivity index (χ0n) is 24.2. The van der Waals surface area contributed by atoms with E-state index in [0.717, 1.165) is 66.4 Å². The second-order valence-electron chi connectivity index (χ2n) is 11.2. The van der Waals surface area contributed by atoms with E-state index in [9.17, 15) is 0 Å². The van der Waals surface area contributed by atoms with Gasteiger partial charge in [-0.3, -0.25) is 0 Å². The normalized spacial score (nSPS) is 11.6. The minimum absolute atomic E-state index is 0.628. The Morgan fingerprint density at radius 1 is 0.422 bits per heavy atom. The Morgan fingerprint density at radius 3 is 1.89 bits per heavy atom. The molecule has 0 radical (unpaired) electrons. The molecule has 2 heterocycles. The lowest BCUT2D eigenvalue weighted by molar-refractivity contribution is 0.623. The summed E-state index contributed by atoms with van der Waals surface area (Å²) < 4.78 is 12.5. The van der Waals surface area contributed by atoms with Gasteiger partial charge in [-0.1, -0.05) is 84.9 Å². The van der Waals surface area contributed by atoms with E-state index >= 15 is 0 Å². The van der Waals surface area contributed by atoms with Crippen molar-refractivity contribution in [2.45, 2.75) is 0 Å². The van der Waals surface area contributed by atoms with Crippen molar-refractivity contribution in [1.29, 1.82) is 0 Å². The Labute approximate surface area is 259 Å². The van der Waals surface area contributed by atoms with E-state index in [1.165, 1.54) is 11.1 Å². The number of rotatable bonds is 5. The van der Waals surface area contributed by atoms with E-state index in [-0.39, 0.29) is 0 Å². The highest BCUT2D eigenvalue weighted by molar-refractivity contribution is 6.07. The standard InChI is InChI=1S/C41H26N2O2/c1-3-9-27(10-4-1)28-15-18-31(19-16-28)43(33-21-24-39-36(26-33)35-13-7-8-14-38(35)44-39)32-20-22-34-30(25-32)17-23-37-40(34)45-41(42-37)29-11-5-2-6-12-29/h1-26H. The summed E-state index contributed by atoms with van der Waals surface area (Å²) in [6.45, 7) is 0. The molecular weight excluding hydrogens is 552 g/mol. The molecule has 2 aromatic heterocycles. The van der Waals surface area contributed by atoms with Gasteiger partial charge >= 0.3 is 0 Å². The molecule has 0 fully saturated rings. The zero-order chi connectivity index (χ0) is 29.7. The summed E-state index contributed by atoms with van der Waals surface area (Å²) in [4.78, 5) is 7.08. The molecular formula is C41H26N2O2. The number of furan rings is 1. The molecule has 0 saturated heterocycles. The van der Waals surface area contributed by atoms with Crippen LogP contribution in [-0.2, 0) is 0 Å². The topological polar surface area (TPSA) is 42.4 Å². The van der Waals surface area contributed by atoms with E-state index in [1.807, 2.05) is 54.6 Å². The van der Waals surface area contributed by atoms with E-state index < -0.39 is 0 Å². The van der Waals surface area contributed by atoms with Crippen molar-refractivity contribution in [3.63, 3.8) is 0 Å². The number of nitrogens with zero attached hydrogens (tertiary/aromatic N) is 2. The third-order valence-electron chi connectivity index (χ3n) is 8.48. The van der Waals surface area contributed by atoms with Crippen LogP contribution >= 0.6 is 0 Å². The van der Waals surface area contributed by atoms with Crippen LogP contribution in [0, 0.1) is 0 Å². The first-order valence-electron chi connectivity index (χ1n) is 15.0. The van der Waals surface area contributed by atoms with Gasteiger partial charge in [-0.2, -0.15) is 0 Å². The van der Waals surface area contributed by atoms with Crippen LogP contribution in [0.1, 0.15) is 0 Å². The molecule has 7 aromatic carbocycles. The van der Waals surface area contributed by atoms with E-state index in [2.05, 4.69) is 108 Å². The molecule has 45 heavy (non-hydrogen) atoms. The Morgan fingerprint density at radius 2 is 1.07 bits per heavy atom. The van der Waals surface area contributed by atoms with Crippen molar-refractivity contribution in [2.24, 2.45) is 0 Å². The summed E-state index contributed by atoms with van der Waals surface area (Å²) in [5.74, 6) is 0.628. The zero-order valence-corrected chi connectivity index (χ0v) is 24.2. The lowest BCUT2D eigenvalue weighted by Gasteiger charge is -2.26. The molecule has 0 N–H and O–H groups in total. The predicted molar refractivity (Wildman–Crippen MR) is 184 cm³/mol. The molecule has 0 atom stereocenters.